The molecular formula is C15H23NO3. The predicted octanol–water partition coefficient (Wildman–Crippen LogP) is 2.15. The topological polar surface area (TPSA) is 39.7 Å². The summed E-state index contributed by atoms with van der Waals surface area (Å²) in [4.78, 5) is 0. The number of rotatable bonds is 6. The van der Waals surface area contributed by atoms with E-state index in [4.69, 9.17) is 14.2 Å². The number of para-hydroxylation sites is 1. The van der Waals surface area contributed by atoms with Gasteiger partial charge >= 0.3 is 0 Å². The molecule has 2 rings (SSSR count). The molecule has 4 heteroatoms. The highest BCUT2D eigenvalue weighted by atomic mass is 16.6. The van der Waals surface area contributed by atoms with Crippen LogP contribution in [0.4, 0.5) is 0 Å². The van der Waals surface area contributed by atoms with E-state index in [1.54, 1.807) is 7.11 Å². The molecule has 3 atom stereocenters. The molecule has 4 nitrogen and oxygen atoms in total. The standard InChI is InChI=1S/C15H23NO3/c1-4-16-15-12-7-5-6-8-13(12)18-10-14(15)19-11(2)9-17-3/h5-8,11,14-16H,4,9-10H2,1-3H3. The third-order valence-electron chi connectivity index (χ3n) is 3.26. The van der Waals surface area contributed by atoms with Crippen molar-refractivity contribution in [1.82, 2.24) is 5.32 Å². The monoisotopic (exact) mass is 265 g/mol. The van der Waals surface area contributed by atoms with Crippen molar-refractivity contribution in [3.63, 3.8) is 0 Å². The van der Waals surface area contributed by atoms with Crippen molar-refractivity contribution < 1.29 is 14.2 Å². The van der Waals surface area contributed by atoms with E-state index in [-0.39, 0.29) is 18.2 Å². The predicted molar refractivity (Wildman–Crippen MR) is 74.6 cm³/mol. The first-order chi connectivity index (χ1) is 9.26. The Bertz CT molecular complexity index is 397. The average Bonchev–Trinajstić information content (AvgIpc) is 2.42. The quantitative estimate of drug-likeness (QED) is 0.855. The van der Waals surface area contributed by atoms with Gasteiger partial charge in [-0.2, -0.15) is 0 Å². The lowest BCUT2D eigenvalue weighted by molar-refractivity contribution is -0.0764. The van der Waals surface area contributed by atoms with Gasteiger partial charge in [0.25, 0.3) is 0 Å². The van der Waals surface area contributed by atoms with E-state index in [0.717, 1.165) is 12.3 Å². The molecule has 3 unspecified atom stereocenters. The number of methoxy groups -OCH3 is 1. The summed E-state index contributed by atoms with van der Waals surface area (Å²) in [7, 11) is 1.69. The van der Waals surface area contributed by atoms with Gasteiger partial charge in [-0.3, -0.25) is 0 Å². The molecule has 1 aliphatic heterocycles. The first-order valence-electron chi connectivity index (χ1n) is 6.85. The van der Waals surface area contributed by atoms with Gasteiger partial charge in [0.1, 0.15) is 18.5 Å². The Labute approximate surface area is 115 Å². The average molecular weight is 265 g/mol. The largest absolute Gasteiger partial charge is 0.490 e. The van der Waals surface area contributed by atoms with Crippen LogP contribution in [0.5, 0.6) is 5.75 Å². The Balaban J connectivity index is 2.12. The summed E-state index contributed by atoms with van der Waals surface area (Å²) in [5, 5.41) is 3.49. The Kier molecular flexibility index (Phi) is 5.19. The molecule has 0 spiro atoms. The molecule has 19 heavy (non-hydrogen) atoms. The molecule has 0 saturated carbocycles. The van der Waals surface area contributed by atoms with Gasteiger partial charge < -0.3 is 19.5 Å². The summed E-state index contributed by atoms with van der Waals surface area (Å²) >= 11 is 0. The number of ether oxygens (including phenoxy) is 3. The molecule has 1 aromatic carbocycles. The Morgan fingerprint density at radius 1 is 1.42 bits per heavy atom. The molecule has 1 heterocycles. The van der Waals surface area contributed by atoms with Gasteiger partial charge in [0.15, 0.2) is 0 Å². The number of fused-ring (bicyclic) bond motifs is 1. The first kappa shape index (κ1) is 14.3. The van der Waals surface area contributed by atoms with Crippen LogP contribution in [0.15, 0.2) is 24.3 Å². The third kappa shape index (κ3) is 3.47. The van der Waals surface area contributed by atoms with Crippen LogP contribution in [-0.2, 0) is 9.47 Å². The SMILES string of the molecule is CCNC1c2ccccc2OCC1OC(C)COC. The molecule has 1 aliphatic rings. The van der Waals surface area contributed by atoms with Crippen molar-refractivity contribution in [2.75, 3.05) is 26.9 Å². The molecule has 1 aromatic rings. The second kappa shape index (κ2) is 6.89. The number of hydrogen-bond donors (Lipinski definition) is 1. The maximum Gasteiger partial charge on any atom is 0.124 e. The molecular weight excluding hydrogens is 242 g/mol. The van der Waals surface area contributed by atoms with Gasteiger partial charge in [0.05, 0.1) is 18.8 Å². The highest BCUT2D eigenvalue weighted by Crippen LogP contribution is 2.33. The van der Waals surface area contributed by atoms with Gasteiger partial charge in [0, 0.05) is 12.7 Å². The maximum absolute atomic E-state index is 6.04. The molecule has 0 saturated heterocycles. The number of nitrogens with one attached hydrogen (secondary N) is 1. The van der Waals surface area contributed by atoms with Crippen molar-refractivity contribution in [3.05, 3.63) is 29.8 Å². The smallest absolute Gasteiger partial charge is 0.124 e. The fourth-order valence-corrected chi connectivity index (χ4v) is 2.49. The van der Waals surface area contributed by atoms with E-state index in [2.05, 4.69) is 18.3 Å². The zero-order valence-electron chi connectivity index (χ0n) is 11.9. The Morgan fingerprint density at radius 3 is 2.95 bits per heavy atom. The molecule has 106 valence electrons. The zero-order valence-corrected chi connectivity index (χ0v) is 11.9. The van der Waals surface area contributed by atoms with E-state index < -0.39 is 0 Å². The van der Waals surface area contributed by atoms with Crippen LogP contribution in [0, 0.1) is 0 Å². The van der Waals surface area contributed by atoms with Crippen LogP contribution in [0.1, 0.15) is 25.5 Å². The third-order valence-corrected chi connectivity index (χ3v) is 3.26. The highest BCUT2D eigenvalue weighted by molar-refractivity contribution is 5.38. The lowest BCUT2D eigenvalue weighted by Gasteiger charge is -2.35. The summed E-state index contributed by atoms with van der Waals surface area (Å²) in [5.41, 5.74) is 1.17. The molecule has 0 aromatic heterocycles. The van der Waals surface area contributed by atoms with Crippen molar-refractivity contribution >= 4 is 0 Å². The lowest BCUT2D eigenvalue weighted by atomic mass is 9.98. The van der Waals surface area contributed by atoms with Gasteiger partial charge in [-0.25, -0.2) is 0 Å². The van der Waals surface area contributed by atoms with E-state index in [0.29, 0.717) is 13.2 Å². The minimum atomic E-state index is 0.0139. The highest BCUT2D eigenvalue weighted by Gasteiger charge is 2.31. The molecule has 0 bridgehead atoms. The van der Waals surface area contributed by atoms with Crippen LogP contribution in [0.2, 0.25) is 0 Å². The molecule has 0 amide bonds. The molecule has 0 aliphatic carbocycles. The Hall–Kier alpha value is -1.10. The van der Waals surface area contributed by atoms with E-state index in [1.807, 2.05) is 25.1 Å². The minimum absolute atomic E-state index is 0.0139. The Morgan fingerprint density at radius 2 is 2.21 bits per heavy atom. The van der Waals surface area contributed by atoms with Gasteiger partial charge in [-0.1, -0.05) is 25.1 Å². The van der Waals surface area contributed by atoms with Crippen molar-refractivity contribution in [1.29, 1.82) is 0 Å². The minimum Gasteiger partial charge on any atom is -0.490 e. The number of hydrogen-bond acceptors (Lipinski definition) is 4. The summed E-state index contributed by atoms with van der Waals surface area (Å²) in [5.74, 6) is 0.952. The lowest BCUT2D eigenvalue weighted by Crippen LogP contribution is -2.43. The first-order valence-corrected chi connectivity index (χ1v) is 6.85. The molecule has 0 fully saturated rings. The number of benzene rings is 1. The van der Waals surface area contributed by atoms with Crippen LogP contribution in [0.3, 0.4) is 0 Å². The van der Waals surface area contributed by atoms with Crippen LogP contribution < -0.4 is 10.1 Å². The zero-order chi connectivity index (χ0) is 13.7. The summed E-state index contributed by atoms with van der Waals surface area (Å²) in [6.45, 7) is 6.19. The van der Waals surface area contributed by atoms with Crippen molar-refractivity contribution in [2.24, 2.45) is 0 Å². The molecule has 1 N–H and O–H groups in total. The van der Waals surface area contributed by atoms with E-state index >= 15 is 0 Å². The maximum atomic E-state index is 6.04. The summed E-state index contributed by atoms with van der Waals surface area (Å²) in [6.07, 6.45) is 0.0741. The number of likely N-dealkylation sites (N-methyl/N-ethyl adjacent to an activating group) is 1. The van der Waals surface area contributed by atoms with Gasteiger partial charge in [0.2, 0.25) is 0 Å². The summed E-state index contributed by atoms with van der Waals surface area (Å²) in [6, 6.07) is 8.31. The fourth-order valence-electron chi connectivity index (χ4n) is 2.49. The second-order valence-corrected chi connectivity index (χ2v) is 4.82. The van der Waals surface area contributed by atoms with Crippen LogP contribution in [0.25, 0.3) is 0 Å². The van der Waals surface area contributed by atoms with E-state index in [9.17, 15) is 0 Å². The summed E-state index contributed by atoms with van der Waals surface area (Å²) < 4.78 is 17.0. The van der Waals surface area contributed by atoms with E-state index in [1.165, 1.54) is 5.56 Å². The molecule has 0 radical (unpaired) electrons. The fraction of sp³-hybridized carbons (Fsp3) is 0.600. The van der Waals surface area contributed by atoms with Crippen LogP contribution in [-0.4, -0.2) is 39.1 Å². The van der Waals surface area contributed by atoms with Crippen LogP contribution >= 0.6 is 0 Å². The van der Waals surface area contributed by atoms with Crippen molar-refractivity contribution in [3.8, 4) is 5.75 Å². The van der Waals surface area contributed by atoms with Gasteiger partial charge in [-0.15, -0.1) is 0 Å². The van der Waals surface area contributed by atoms with Gasteiger partial charge in [-0.05, 0) is 19.5 Å². The normalized spacial score (nSPS) is 23.5. The van der Waals surface area contributed by atoms with Crippen molar-refractivity contribution in [2.45, 2.75) is 32.1 Å². The second-order valence-electron chi connectivity index (χ2n) is 4.82.